The molecule has 2 aliphatic rings. The zero-order chi connectivity index (χ0) is 26.2. The van der Waals surface area contributed by atoms with Crippen molar-refractivity contribution in [3.8, 4) is 22.8 Å². The van der Waals surface area contributed by atoms with Crippen LogP contribution >= 0.6 is 0 Å². The van der Waals surface area contributed by atoms with Gasteiger partial charge in [-0.05, 0) is 60.2 Å². The van der Waals surface area contributed by atoms with Crippen LogP contribution in [-0.4, -0.2) is 28.6 Å². The summed E-state index contributed by atoms with van der Waals surface area (Å²) < 4.78 is 7.28. The van der Waals surface area contributed by atoms with Crippen LogP contribution in [0.5, 0.6) is 11.5 Å². The molecule has 3 N–H and O–H groups in total. The summed E-state index contributed by atoms with van der Waals surface area (Å²) in [4.78, 5) is 26.2. The van der Waals surface area contributed by atoms with Gasteiger partial charge in [-0.25, -0.2) is 0 Å². The predicted octanol–water partition coefficient (Wildman–Crippen LogP) is 5.95. The number of phenolic OH excluding ortho intramolecular Hbond substituents is 1. The van der Waals surface area contributed by atoms with E-state index in [4.69, 9.17) is 4.74 Å². The monoisotopic (exact) mass is 509 g/mol. The number of para-hydroxylation sites is 1. The van der Waals surface area contributed by atoms with Crippen molar-refractivity contribution in [3.05, 3.63) is 77.4 Å². The summed E-state index contributed by atoms with van der Waals surface area (Å²) in [5.41, 5.74) is 6.52. The maximum absolute atomic E-state index is 13.2. The topological polar surface area (TPSA) is 92.6 Å². The molecule has 38 heavy (non-hydrogen) atoms. The molecule has 2 amide bonds. The number of nitrogens with one attached hydrogen (secondary N) is 2. The number of hydrogen-bond donors (Lipinski definition) is 3. The third-order valence-corrected chi connectivity index (χ3v) is 7.83. The number of carbonyl (C=O) groups excluding carboxylic acids is 2. The summed E-state index contributed by atoms with van der Waals surface area (Å²) in [5, 5.41) is 17.0. The van der Waals surface area contributed by atoms with Gasteiger partial charge < -0.3 is 25.0 Å². The number of rotatable bonds is 5. The smallest absolute Gasteiger partial charge is 0.251 e. The minimum Gasteiger partial charge on any atom is -0.504 e. The van der Waals surface area contributed by atoms with Crippen molar-refractivity contribution in [2.75, 3.05) is 12.4 Å². The normalized spacial score (nSPS) is 15.3. The standard InChI is InChI=1S/C31H31N3O4/c1-38-27-15-19(11-14-26(27)35)17-32-31(37)21-12-13-23-25(16-21)34-18-28(36)33-24-10-6-5-9-22(24)30(34)29(23)20-7-3-2-4-8-20/h5-6,9-16,20,35H,2-4,7-8,17-18H2,1H3,(H,32,37)(H,33,36). The van der Waals surface area contributed by atoms with E-state index in [1.54, 1.807) is 18.2 Å². The van der Waals surface area contributed by atoms with Crippen molar-refractivity contribution in [1.82, 2.24) is 9.88 Å². The first kappa shape index (κ1) is 24.1. The number of ether oxygens (including phenoxy) is 1. The Kier molecular flexibility index (Phi) is 6.27. The number of benzene rings is 3. The lowest BCUT2D eigenvalue weighted by Gasteiger charge is -2.23. The number of aromatic hydroxyl groups is 1. The van der Waals surface area contributed by atoms with Crippen LogP contribution in [0.25, 0.3) is 22.2 Å². The van der Waals surface area contributed by atoms with E-state index in [2.05, 4.69) is 27.3 Å². The van der Waals surface area contributed by atoms with Gasteiger partial charge in [-0.1, -0.05) is 49.6 Å². The molecule has 0 bridgehead atoms. The number of carbonyl (C=O) groups is 2. The van der Waals surface area contributed by atoms with E-state index in [0.29, 0.717) is 23.8 Å². The van der Waals surface area contributed by atoms with Crippen molar-refractivity contribution in [3.63, 3.8) is 0 Å². The van der Waals surface area contributed by atoms with Gasteiger partial charge in [-0.15, -0.1) is 0 Å². The second kappa shape index (κ2) is 9.89. The number of anilines is 1. The van der Waals surface area contributed by atoms with E-state index in [9.17, 15) is 14.7 Å². The number of nitrogens with zero attached hydrogens (tertiary/aromatic N) is 1. The lowest BCUT2D eigenvalue weighted by molar-refractivity contribution is -0.116. The minimum absolute atomic E-state index is 0.0568. The highest BCUT2D eigenvalue weighted by molar-refractivity contribution is 6.05. The number of hydrogen-bond acceptors (Lipinski definition) is 4. The first-order valence-electron chi connectivity index (χ1n) is 13.2. The molecule has 0 atom stereocenters. The van der Waals surface area contributed by atoms with Gasteiger partial charge in [0.25, 0.3) is 5.91 Å². The average molecular weight is 510 g/mol. The van der Waals surface area contributed by atoms with Gasteiger partial charge >= 0.3 is 0 Å². The molecule has 1 aliphatic heterocycles. The van der Waals surface area contributed by atoms with Crippen LogP contribution < -0.4 is 15.4 Å². The predicted molar refractivity (Wildman–Crippen MR) is 148 cm³/mol. The Morgan fingerprint density at radius 3 is 2.71 bits per heavy atom. The molecule has 0 spiro atoms. The second-order valence-corrected chi connectivity index (χ2v) is 10.2. The van der Waals surface area contributed by atoms with Crippen molar-refractivity contribution < 1.29 is 19.4 Å². The Hall–Kier alpha value is -4.26. The van der Waals surface area contributed by atoms with Gasteiger partial charge in [0.05, 0.1) is 24.0 Å². The molecule has 0 saturated heterocycles. The van der Waals surface area contributed by atoms with E-state index in [1.807, 2.05) is 30.3 Å². The summed E-state index contributed by atoms with van der Waals surface area (Å²) in [5.74, 6) is 0.573. The van der Waals surface area contributed by atoms with Gasteiger partial charge in [-0.3, -0.25) is 9.59 Å². The summed E-state index contributed by atoms with van der Waals surface area (Å²) >= 11 is 0. The highest BCUT2D eigenvalue weighted by Crippen LogP contribution is 2.46. The molecular formula is C31H31N3O4. The van der Waals surface area contributed by atoms with E-state index < -0.39 is 0 Å². The number of aromatic nitrogens is 1. The van der Waals surface area contributed by atoms with Crippen LogP contribution in [0, 0.1) is 0 Å². The Bertz CT molecular complexity index is 1550. The number of phenols is 1. The number of amides is 2. The third-order valence-electron chi connectivity index (χ3n) is 7.83. The first-order chi connectivity index (χ1) is 18.5. The molecule has 0 unspecified atom stereocenters. The van der Waals surface area contributed by atoms with E-state index >= 15 is 0 Å². The summed E-state index contributed by atoms with van der Waals surface area (Å²) in [6.45, 7) is 0.495. The lowest BCUT2D eigenvalue weighted by Crippen LogP contribution is -2.23. The van der Waals surface area contributed by atoms with Gasteiger partial charge in [0.1, 0.15) is 6.54 Å². The Labute approximate surface area is 221 Å². The van der Waals surface area contributed by atoms with Crippen molar-refractivity contribution in [2.24, 2.45) is 0 Å². The third kappa shape index (κ3) is 4.28. The van der Waals surface area contributed by atoms with Gasteiger partial charge in [0, 0.05) is 23.1 Å². The molecule has 7 heteroatoms. The molecule has 1 fully saturated rings. The largest absolute Gasteiger partial charge is 0.504 e. The van der Waals surface area contributed by atoms with E-state index in [1.165, 1.54) is 31.9 Å². The number of fused-ring (bicyclic) bond motifs is 5. The molecule has 6 rings (SSSR count). The molecule has 1 saturated carbocycles. The maximum atomic E-state index is 13.2. The van der Waals surface area contributed by atoms with E-state index in [-0.39, 0.29) is 24.1 Å². The second-order valence-electron chi connectivity index (χ2n) is 10.2. The maximum Gasteiger partial charge on any atom is 0.251 e. The fraction of sp³-hybridized carbons (Fsp3) is 0.290. The molecule has 1 aromatic heterocycles. The van der Waals surface area contributed by atoms with Crippen LogP contribution in [0.2, 0.25) is 0 Å². The van der Waals surface area contributed by atoms with Crippen molar-refractivity contribution in [2.45, 2.75) is 51.1 Å². The molecule has 0 radical (unpaired) electrons. The van der Waals surface area contributed by atoms with Crippen LogP contribution in [0.15, 0.2) is 60.7 Å². The van der Waals surface area contributed by atoms with Crippen molar-refractivity contribution in [1.29, 1.82) is 0 Å². The fourth-order valence-electron chi connectivity index (χ4n) is 6.02. The summed E-state index contributed by atoms with van der Waals surface area (Å²) in [7, 11) is 1.49. The molecular weight excluding hydrogens is 478 g/mol. The number of methoxy groups -OCH3 is 1. The van der Waals surface area contributed by atoms with E-state index in [0.717, 1.165) is 46.3 Å². The van der Waals surface area contributed by atoms with Gasteiger partial charge in [-0.2, -0.15) is 0 Å². The fourth-order valence-corrected chi connectivity index (χ4v) is 6.02. The summed E-state index contributed by atoms with van der Waals surface area (Å²) in [6, 6.07) is 18.9. The van der Waals surface area contributed by atoms with Crippen LogP contribution in [0.1, 0.15) is 59.5 Å². The zero-order valence-corrected chi connectivity index (χ0v) is 21.4. The molecule has 2 heterocycles. The Morgan fingerprint density at radius 2 is 1.89 bits per heavy atom. The molecule has 1 aliphatic carbocycles. The van der Waals surface area contributed by atoms with Crippen LogP contribution in [0.4, 0.5) is 5.69 Å². The van der Waals surface area contributed by atoms with Gasteiger partial charge in [0.2, 0.25) is 5.91 Å². The SMILES string of the molecule is COc1cc(CNC(=O)c2ccc3c(C4CCCCC4)c4n(c3c2)CC(=O)Nc2ccccc2-4)ccc1O. The first-order valence-corrected chi connectivity index (χ1v) is 13.2. The van der Waals surface area contributed by atoms with Crippen molar-refractivity contribution >= 4 is 28.4 Å². The molecule has 7 nitrogen and oxygen atoms in total. The zero-order valence-electron chi connectivity index (χ0n) is 21.4. The lowest BCUT2D eigenvalue weighted by atomic mass is 9.81. The Balaban J connectivity index is 1.41. The minimum atomic E-state index is -0.202. The van der Waals surface area contributed by atoms with Gasteiger partial charge in [0.15, 0.2) is 11.5 Å². The van der Waals surface area contributed by atoms with Crippen LogP contribution in [-0.2, 0) is 17.9 Å². The highest BCUT2D eigenvalue weighted by Gasteiger charge is 2.30. The molecule has 3 aromatic carbocycles. The van der Waals surface area contributed by atoms with Crippen LogP contribution in [0.3, 0.4) is 0 Å². The average Bonchev–Trinajstić information content (AvgIpc) is 3.17. The molecule has 4 aromatic rings. The quantitative estimate of drug-likeness (QED) is 0.310. The molecule has 194 valence electrons. The Morgan fingerprint density at radius 1 is 1.08 bits per heavy atom. The summed E-state index contributed by atoms with van der Waals surface area (Å²) in [6.07, 6.45) is 5.94. The highest BCUT2D eigenvalue weighted by atomic mass is 16.5.